The van der Waals surface area contributed by atoms with Gasteiger partial charge in [0.1, 0.15) is 0 Å². The third-order valence-corrected chi connectivity index (χ3v) is 4.29. The van der Waals surface area contributed by atoms with Crippen LogP contribution in [-0.4, -0.2) is 31.2 Å². The molecule has 0 heterocycles. The summed E-state index contributed by atoms with van der Waals surface area (Å²) in [6, 6.07) is 3.51. The minimum absolute atomic E-state index is 0.148. The van der Waals surface area contributed by atoms with Crippen molar-refractivity contribution in [2.75, 3.05) is 19.3 Å². The van der Waals surface area contributed by atoms with Gasteiger partial charge in [-0.3, -0.25) is 10.1 Å². The maximum atomic E-state index is 12.0. The van der Waals surface area contributed by atoms with E-state index in [2.05, 4.69) is 0 Å². The van der Waals surface area contributed by atoms with E-state index in [1.165, 1.54) is 13.1 Å². The van der Waals surface area contributed by atoms with E-state index in [9.17, 15) is 18.5 Å². The van der Waals surface area contributed by atoms with Crippen molar-refractivity contribution in [2.24, 2.45) is 0 Å². The molecular formula is C9H13N3O4S. The van der Waals surface area contributed by atoms with E-state index >= 15 is 0 Å². The zero-order valence-electron chi connectivity index (χ0n) is 9.45. The molecule has 0 radical (unpaired) electrons. The minimum Gasteiger partial charge on any atom is -0.399 e. The van der Waals surface area contributed by atoms with Crippen LogP contribution in [0.4, 0.5) is 11.4 Å². The second-order valence-electron chi connectivity index (χ2n) is 3.40. The van der Waals surface area contributed by atoms with E-state index in [-0.39, 0.29) is 17.1 Å². The number of nitrogens with zero attached hydrogens (tertiary/aromatic N) is 2. The molecule has 0 aliphatic heterocycles. The van der Waals surface area contributed by atoms with E-state index in [1.54, 1.807) is 6.92 Å². The number of benzene rings is 1. The molecule has 0 saturated heterocycles. The smallest absolute Gasteiger partial charge is 0.291 e. The van der Waals surface area contributed by atoms with Crippen LogP contribution in [0.25, 0.3) is 0 Å². The lowest BCUT2D eigenvalue weighted by Gasteiger charge is -2.14. The lowest BCUT2D eigenvalue weighted by molar-refractivity contribution is -0.387. The molecule has 1 rings (SSSR count). The summed E-state index contributed by atoms with van der Waals surface area (Å²) in [7, 11) is -2.49. The Kier molecular flexibility index (Phi) is 3.69. The molecule has 0 aromatic heterocycles. The molecule has 0 saturated carbocycles. The number of nitrogens with two attached hydrogens (primary N) is 1. The van der Waals surface area contributed by atoms with Gasteiger partial charge in [0.05, 0.1) is 4.92 Å². The summed E-state index contributed by atoms with van der Waals surface area (Å²) in [4.78, 5) is 9.70. The van der Waals surface area contributed by atoms with Crippen molar-refractivity contribution in [3.05, 3.63) is 28.3 Å². The lowest BCUT2D eigenvalue weighted by Crippen LogP contribution is -2.27. The van der Waals surface area contributed by atoms with Crippen LogP contribution in [0.3, 0.4) is 0 Å². The fourth-order valence-corrected chi connectivity index (χ4v) is 2.55. The first-order chi connectivity index (χ1) is 7.80. The highest BCUT2D eigenvalue weighted by molar-refractivity contribution is 7.89. The summed E-state index contributed by atoms with van der Waals surface area (Å²) in [5, 5.41) is 10.8. The SMILES string of the molecule is CCN(C)S(=O)(=O)c1ccc(N)cc1[N+](=O)[O-]. The number of nitrogen functional groups attached to an aromatic ring is 1. The monoisotopic (exact) mass is 259 g/mol. The summed E-state index contributed by atoms with van der Waals surface area (Å²) in [6.07, 6.45) is 0. The van der Waals surface area contributed by atoms with E-state index < -0.39 is 20.6 Å². The predicted octanol–water partition coefficient (Wildman–Crippen LogP) is 0.817. The third-order valence-electron chi connectivity index (χ3n) is 2.31. The second-order valence-corrected chi connectivity index (χ2v) is 5.42. The van der Waals surface area contributed by atoms with Crippen molar-refractivity contribution in [3.8, 4) is 0 Å². The fourth-order valence-electron chi connectivity index (χ4n) is 1.23. The molecule has 0 aliphatic carbocycles. The molecule has 0 fully saturated rings. The molecule has 94 valence electrons. The van der Waals surface area contributed by atoms with Gasteiger partial charge in [-0.25, -0.2) is 12.7 Å². The first-order valence-electron chi connectivity index (χ1n) is 4.81. The predicted molar refractivity (Wildman–Crippen MR) is 63.0 cm³/mol. The molecule has 0 spiro atoms. The van der Waals surface area contributed by atoms with Gasteiger partial charge in [-0.1, -0.05) is 6.92 Å². The Balaban J connectivity index is 3.47. The molecule has 2 N–H and O–H groups in total. The van der Waals surface area contributed by atoms with Crippen LogP contribution >= 0.6 is 0 Å². The Morgan fingerprint density at radius 2 is 2.06 bits per heavy atom. The molecule has 0 bridgehead atoms. The first kappa shape index (κ1) is 13.4. The maximum Gasteiger partial charge on any atom is 0.291 e. The summed E-state index contributed by atoms with van der Waals surface area (Å²) < 4.78 is 25.0. The quantitative estimate of drug-likeness (QED) is 0.489. The van der Waals surface area contributed by atoms with Crippen molar-refractivity contribution in [2.45, 2.75) is 11.8 Å². The molecular weight excluding hydrogens is 246 g/mol. The van der Waals surface area contributed by atoms with Gasteiger partial charge >= 0.3 is 0 Å². The van der Waals surface area contributed by atoms with Crippen molar-refractivity contribution < 1.29 is 13.3 Å². The highest BCUT2D eigenvalue weighted by Crippen LogP contribution is 2.27. The van der Waals surface area contributed by atoms with Crippen molar-refractivity contribution >= 4 is 21.4 Å². The van der Waals surface area contributed by atoms with Crippen LogP contribution in [0.2, 0.25) is 0 Å². The molecule has 1 aromatic carbocycles. The first-order valence-corrected chi connectivity index (χ1v) is 6.25. The Hall–Kier alpha value is -1.67. The van der Waals surface area contributed by atoms with Gasteiger partial charge in [-0.15, -0.1) is 0 Å². The molecule has 1 aromatic rings. The molecule has 0 atom stereocenters. The number of nitro benzene ring substituents is 1. The van der Waals surface area contributed by atoms with Crippen LogP contribution in [0, 0.1) is 10.1 Å². The molecule has 0 amide bonds. The van der Waals surface area contributed by atoms with Gasteiger partial charge in [0, 0.05) is 25.3 Å². The summed E-state index contributed by atoms with van der Waals surface area (Å²) in [6.45, 7) is 1.87. The van der Waals surface area contributed by atoms with Crippen molar-refractivity contribution in [3.63, 3.8) is 0 Å². The van der Waals surface area contributed by atoms with Gasteiger partial charge in [0.15, 0.2) is 4.90 Å². The van der Waals surface area contributed by atoms with E-state index in [0.717, 1.165) is 16.4 Å². The van der Waals surface area contributed by atoms with Gasteiger partial charge in [0.2, 0.25) is 10.0 Å². The number of nitro groups is 1. The number of sulfonamides is 1. The average Bonchev–Trinajstić information content (AvgIpc) is 2.27. The van der Waals surface area contributed by atoms with E-state index in [4.69, 9.17) is 5.73 Å². The second kappa shape index (κ2) is 4.68. The molecule has 0 unspecified atom stereocenters. The number of hydrogen-bond donors (Lipinski definition) is 1. The standard InChI is InChI=1S/C9H13N3O4S/c1-3-11(2)17(15,16)9-5-4-7(10)6-8(9)12(13)14/h4-6H,3,10H2,1-2H3. The van der Waals surface area contributed by atoms with Crippen molar-refractivity contribution in [1.82, 2.24) is 4.31 Å². The van der Waals surface area contributed by atoms with Crippen LogP contribution in [-0.2, 0) is 10.0 Å². The number of hydrogen-bond acceptors (Lipinski definition) is 5. The van der Waals surface area contributed by atoms with Gasteiger partial charge in [-0.05, 0) is 12.1 Å². The Labute approximate surface area is 99.0 Å². The molecule has 17 heavy (non-hydrogen) atoms. The van der Waals surface area contributed by atoms with Gasteiger partial charge < -0.3 is 5.73 Å². The average molecular weight is 259 g/mol. The summed E-state index contributed by atoms with van der Waals surface area (Å²) >= 11 is 0. The van der Waals surface area contributed by atoms with Gasteiger partial charge in [-0.2, -0.15) is 0 Å². The fraction of sp³-hybridized carbons (Fsp3) is 0.333. The number of rotatable bonds is 4. The molecule has 0 aliphatic rings. The minimum atomic E-state index is -3.85. The normalized spacial score (nSPS) is 11.7. The topological polar surface area (TPSA) is 107 Å². The Morgan fingerprint density at radius 1 is 1.47 bits per heavy atom. The van der Waals surface area contributed by atoms with E-state index in [0.29, 0.717) is 0 Å². The highest BCUT2D eigenvalue weighted by atomic mass is 32.2. The van der Waals surface area contributed by atoms with Gasteiger partial charge in [0.25, 0.3) is 5.69 Å². The molecule has 8 heteroatoms. The molecule has 7 nitrogen and oxygen atoms in total. The summed E-state index contributed by atoms with van der Waals surface area (Å²) in [5.74, 6) is 0. The Bertz CT molecular complexity index is 541. The Morgan fingerprint density at radius 3 is 2.53 bits per heavy atom. The van der Waals surface area contributed by atoms with Crippen LogP contribution in [0.5, 0.6) is 0 Å². The van der Waals surface area contributed by atoms with Crippen molar-refractivity contribution in [1.29, 1.82) is 0 Å². The highest BCUT2D eigenvalue weighted by Gasteiger charge is 2.28. The summed E-state index contributed by atoms with van der Waals surface area (Å²) in [5.41, 5.74) is 5.04. The third kappa shape index (κ3) is 2.53. The maximum absolute atomic E-state index is 12.0. The van der Waals surface area contributed by atoms with E-state index in [1.807, 2.05) is 0 Å². The van der Waals surface area contributed by atoms with Crippen LogP contribution in [0.15, 0.2) is 23.1 Å². The lowest BCUT2D eigenvalue weighted by atomic mass is 10.3. The van der Waals surface area contributed by atoms with Crippen LogP contribution in [0.1, 0.15) is 6.92 Å². The van der Waals surface area contributed by atoms with Crippen LogP contribution < -0.4 is 5.73 Å². The number of anilines is 1. The largest absolute Gasteiger partial charge is 0.399 e. The zero-order chi connectivity index (χ0) is 13.2. The zero-order valence-corrected chi connectivity index (χ0v) is 10.3.